The molecule has 10 heteroatoms. The van der Waals surface area contributed by atoms with E-state index in [0.29, 0.717) is 6.54 Å². The summed E-state index contributed by atoms with van der Waals surface area (Å²) in [5.41, 5.74) is 1.79. The molecule has 204 valence electrons. The van der Waals surface area contributed by atoms with Crippen LogP contribution in [0.15, 0.2) is 88.2 Å². The Morgan fingerprint density at radius 1 is 0.949 bits per heavy atom. The molecule has 3 aromatic rings. The first kappa shape index (κ1) is 28.5. The number of sulfonamides is 1. The van der Waals surface area contributed by atoms with Gasteiger partial charge in [-0.1, -0.05) is 77.5 Å². The van der Waals surface area contributed by atoms with Crippen molar-refractivity contribution < 1.29 is 22.8 Å². The third-order valence-electron chi connectivity index (χ3n) is 6.53. The van der Waals surface area contributed by atoms with Crippen molar-refractivity contribution in [2.24, 2.45) is 0 Å². The Labute approximate surface area is 237 Å². The number of hydrogen-bond acceptors (Lipinski definition) is 5. The molecule has 8 nitrogen and oxygen atoms in total. The van der Waals surface area contributed by atoms with Gasteiger partial charge in [-0.05, 0) is 41.8 Å². The highest BCUT2D eigenvalue weighted by Crippen LogP contribution is 2.30. The van der Waals surface area contributed by atoms with Crippen LogP contribution in [0.2, 0.25) is 0 Å². The van der Waals surface area contributed by atoms with Crippen molar-refractivity contribution in [3.05, 3.63) is 100 Å². The summed E-state index contributed by atoms with van der Waals surface area (Å²) in [5, 5.41) is 2.91. The second-order valence-corrected chi connectivity index (χ2v) is 12.0. The minimum atomic E-state index is -4.05. The molecule has 0 spiro atoms. The van der Waals surface area contributed by atoms with E-state index in [4.69, 9.17) is 0 Å². The summed E-state index contributed by atoms with van der Waals surface area (Å²) in [5.74, 6) is -1.37. The second kappa shape index (κ2) is 12.6. The molecule has 1 heterocycles. The van der Waals surface area contributed by atoms with E-state index >= 15 is 0 Å². The average Bonchev–Trinajstić information content (AvgIpc) is 3.14. The molecule has 0 bridgehead atoms. The topological polar surface area (TPSA) is 104 Å². The molecule has 3 aromatic carbocycles. The Bertz CT molecular complexity index is 1450. The van der Waals surface area contributed by atoms with Gasteiger partial charge in [0.1, 0.15) is 10.9 Å². The maximum absolute atomic E-state index is 13.8. The SMILES string of the molecule is CCCNC(=O)[C@@H](Cc1ccccc1)N(Cc1ccc(Br)cc1)C(=O)CCN1C(=O)c2ccccc2S1(=O)=O. The number of amides is 3. The first-order valence-electron chi connectivity index (χ1n) is 12.7. The number of fused-ring (bicyclic) bond motifs is 1. The number of nitrogens with one attached hydrogen (secondary N) is 1. The van der Waals surface area contributed by atoms with E-state index in [-0.39, 0.29) is 42.3 Å². The molecule has 0 radical (unpaired) electrons. The third kappa shape index (κ3) is 6.57. The fourth-order valence-electron chi connectivity index (χ4n) is 4.50. The maximum atomic E-state index is 13.8. The molecule has 4 rings (SSSR count). The molecule has 3 amide bonds. The summed E-state index contributed by atoms with van der Waals surface area (Å²) < 4.78 is 27.7. The fraction of sp³-hybridized carbons (Fsp3) is 0.276. The molecule has 1 N–H and O–H groups in total. The van der Waals surface area contributed by atoms with E-state index in [1.165, 1.54) is 17.0 Å². The van der Waals surface area contributed by atoms with Gasteiger partial charge in [0.05, 0.1) is 5.56 Å². The smallest absolute Gasteiger partial charge is 0.269 e. The lowest BCUT2D eigenvalue weighted by Crippen LogP contribution is -2.51. The number of carbonyl (C=O) groups is 3. The number of nitrogens with zero attached hydrogens (tertiary/aromatic N) is 2. The quantitative estimate of drug-likeness (QED) is 0.351. The van der Waals surface area contributed by atoms with Crippen LogP contribution in [0.25, 0.3) is 0 Å². The predicted octanol–water partition coefficient (Wildman–Crippen LogP) is 4.15. The zero-order valence-electron chi connectivity index (χ0n) is 21.5. The van der Waals surface area contributed by atoms with Crippen LogP contribution < -0.4 is 5.32 Å². The fourth-order valence-corrected chi connectivity index (χ4v) is 6.33. The minimum Gasteiger partial charge on any atom is -0.354 e. The molecule has 0 aromatic heterocycles. The number of benzene rings is 3. The molecule has 0 unspecified atom stereocenters. The van der Waals surface area contributed by atoms with Crippen molar-refractivity contribution in [1.82, 2.24) is 14.5 Å². The predicted molar refractivity (Wildman–Crippen MR) is 151 cm³/mol. The van der Waals surface area contributed by atoms with E-state index in [2.05, 4.69) is 21.2 Å². The number of halogens is 1. The van der Waals surface area contributed by atoms with Crippen molar-refractivity contribution in [2.75, 3.05) is 13.1 Å². The van der Waals surface area contributed by atoms with Crippen LogP contribution in [0.3, 0.4) is 0 Å². The largest absolute Gasteiger partial charge is 0.354 e. The molecule has 1 atom stereocenters. The van der Waals surface area contributed by atoms with Gasteiger partial charge in [-0.15, -0.1) is 0 Å². The summed E-state index contributed by atoms with van der Waals surface area (Å²) in [7, 11) is -4.05. The molecule has 0 saturated carbocycles. The van der Waals surface area contributed by atoms with Gasteiger partial charge in [0.25, 0.3) is 15.9 Å². The summed E-state index contributed by atoms with van der Waals surface area (Å²) in [6, 6.07) is 22.0. The first-order valence-corrected chi connectivity index (χ1v) is 15.0. The van der Waals surface area contributed by atoms with Gasteiger partial charge in [0, 0.05) is 36.9 Å². The van der Waals surface area contributed by atoms with Gasteiger partial charge in [0.15, 0.2) is 0 Å². The van der Waals surface area contributed by atoms with Gasteiger partial charge in [-0.3, -0.25) is 14.4 Å². The highest BCUT2D eigenvalue weighted by Gasteiger charge is 2.41. The van der Waals surface area contributed by atoms with Crippen molar-refractivity contribution in [3.63, 3.8) is 0 Å². The van der Waals surface area contributed by atoms with Crippen LogP contribution in [-0.2, 0) is 32.6 Å². The van der Waals surface area contributed by atoms with Crippen LogP contribution in [0, 0.1) is 0 Å². The average molecular weight is 613 g/mol. The van der Waals surface area contributed by atoms with Gasteiger partial charge in [-0.2, -0.15) is 0 Å². The van der Waals surface area contributed by atoms with Gasteiger partial charge < -0.3 is 10.2 Å². The van der Waals surface area contributed by atoms with Crippen molar-refractivity contribution in [1.29, 1.82) is 0 Å². The minimum absolute atomic E-state index is 0.0601. The summed E-state index contributed by atoms with van der Waals surface area (Å²) in [6.07, 6.45) is 0.757. The highest BCUT2D eigenvalue weighted by molar-refractivity contribution is 9.10. The van der Waals surface area contributed by atoms with Crippen molar-refractivity contribution >= 4 is 43.7 Å². The van der Waals surface area contributed by atoms with E-state index in [0.717, 1.165) is 26.3 Å². The van der Waals surface area contributed by atoms with Crippen LogP contribution in [0.1, 0.15) is 41.3 Å². The molecule has 0 saturated heterocycles. The van der Waals surface area contributed by atoms with Gasteiger partial charge in [0.2, 0.25) is 11.8 Å². The zero-order valence-corrected chi connectivity index (χ0v) is 23.9. The van der Waals surface area contributed by atoms with Crippen molar-refractivity contribution in [2.45, 2.75) is 43.7 Å². The zero-order chi connectivity index (χ0) is 28.0. The van der Waals surface area contributed by atoms with Crippen LogP contribution >= 0.6 is 15.9 Å². The normalized spacial score (nSPS) is 14.5. The van der Waals surface area contributed by atoms with Crippen LogP contribution in [-0.4, -0.2) is 54.5 Å². The molecule has 1 aliphatic rings. The molecular formula is C29H30BrN3O5S. The van der Waals surface area contributed by atoms with Gasteiger partial charge >= 0.3 is 0 Å². The highest BCUT2D eigenvalue weighted by atomic mass is 79.9. The third-order valence-corrected chi connectivity index (χ3v) is 8.90. The van der Waals surface area contributed by atoms with E-state index in [9.17, 15) is 22.8 Å². The number of rotatable bonds is 11. The number of carbonyl (C=O) groups excluding carboxylic acids is 3. The second-order valence-electron chi connectivity index (χ2n) is 9.27. The van der Waals surface area contributed by atoms with Gasteiger partial charge in [-0.25, -0.2) is 12.7 Å². The van der Waals surface area contributed by atoms with E-state index in [1.807, 2.05) is 61.5 Å². The molecule has 39 heavy (non-hydrogen) atoms. The maximum Gasteiger partial charge on any atom is 0.269 e. The monoisotopic (exact) mass is 611 g/mol. The lowest BCUT2D eigenvalue weighted by molar-refractivity contribution is -0.141. The lowest BCUT2D eigenvalue weighted by atomic mass is 10.0. The summed E-state index contributed by atoms with van der Waals surface area (Å²) in [4.78, 5) is 41.5. The van der Waals surface area contributed by atoms with E-state index in [1.54, 1.807) is 12.1 Å². The standard InChI is InChI=1S/C29H30BrN3O5S/c1-2-17-31-28(35)25(19-21-8-4-3-5-9-21)32(20-22-12-14-23(30)15-13-22)27(34)16-18-33-29(36)24-10-6-7-11-26(24)39(33,37)38/h3-15,25H,2,16-20H2,1H3,(H,31,35)/t25-/m1/s1. The molecule has 0 fully saturated rings. The molecule has 1 aliphatic heterocycles. The lowest BCUT2D eigenvalue weighted by Gasteiger charge is -2.32. The van der Waals surface area contributed by atoms with Crippen molar-refractivity contribution in [3.8, 4) is 0 Å². The summed E-state index contributed by atoms with van der Waals surface area (Å²) in [6.45, 7) is 2.23. The molecule has 0 aliphatic carbocycles. The van der Waals surface area contributed by atoms with Crippen LogP contribution in [0.4, 0.5) is 0 Å². The Kier molecular flexibility index (Phi) is 9.19. The van der Waals surface area contributed by atoms with Crippen LogP contribution in [0.5, 0.6) is 0 Å². The Hall–Kier alpha value is -3.50. The summed E-state index contributed by atoms with van der Waals surface area (Å²) >= 11 is 3.42. The molecular weight excluding hydrogens is 582 g/mol. The van der Waals surface area contributed by atoms with E-state index < -0.39 is 27.9 Å². The Morgan fingerprint density at radius 2 is 1.62 bits per heavy atom. The first-order chi connectivity index (χ1) is 18.7. The number of hydrogen-bond donors (Lipinski definition) is 1. The Morgan fingerprint density at radius 3 is 2.28 bits per heavy atom. The Balaban J connectivity index is 1.62.